The van der Waals surface area contributed by atoms with E-state index in [4.69, 9.17) is 28.4 Å². The smallest absolute Gasteiger partial charge is 0.187 e. The Morgan fingerprint density at radius 2 is 1.19 bits per heavy atom. The Hall–Kier alpha value is -0.170. The monoisotopic (exact) mass is 490 g/mol. The van der Waals surface area contributed by atoms with Gasteiger partial charge in [-0.2, -0.15) is 12.6 Å². The van der Waals surface area contributed by atoms with E-state index in [0.29, 0.717) is 25.6 Å². The van der Waals surface area contributed by atoms with Crippen molar-refractivity contribution in [1.82, 2.24) is 0 Å². The predicted octanol–water partition coefficient (Wildman–Crippen LogP) is -4.41. The molecule has 2 aliphatic rings. The van der Waals surface area contributed by atoms with E-state index >= 15 is 0 Å². The van der Waals surface area contributed by atoms with Crippen molar-refractivity contribution in [2.45, 2.75) is 61.4 Å². The summed E-state index contributed by atoms with van der Waals surface area (Å²) >= 11 is 4.01. The Morgan fingerprint density at radius 3 is 1.81 bits per heavy atom. The fourth-order valence-corrected chi connectivity index (χ4v) is 3.43. The second-order valence-corrected chi connectivity index (χ2v) is 7.77. The molecular formula is C18H34O13S. The van der Waals surface area contributed by atoms with Crippen molar-refractivity contribution < 1.29 is 64.2 Å². The van der Waals surface area contributed by atoms with Gasteiger partial charge in [0, 0.05) is 5.75 Å². The zero-order chi connectivity index (χ0) is 23.7. The standard InChI is InChI=1S/C18H34O13S/c19-7-9-11(21)13(23)14(24)18(30-9)31-16-12(22)10(8-20)29-17(15(16)25)28-4-3-26-1-2-27-5-6-32/h9-25,32H,1-8H2/t9-,10-,11+,12+,13+,14-,15-,16+,17+,18+/m1/s1. The molecule has 7 N–H and O–H groups in total. The molecule has 0 aromatic rings. The van der Waals surface area contributed by atoms with Gasteiger partial charge in [-0.15, -0.1) is 0 Å². The van der Waals surface area contributed by atoms with Gasteiger partial charge in [0.15, 0.2) is 12.6 Å². The highest BCUT2D eigenvalue weighted by molar-refractivity contribution is 7.80. The number of hydrogen-bond donors (Lipinski definition) is 8. The number of rotatable bonds is 13. The first-order valence-electron chi connectivity index (χ1n) is 10.3. The Labute approximate surface area is 190 Å². The average Bonchev–Trinajstić information content (AvgIpc) is 2.79. The third-order valence-electron chi connectivity index (χ3n) is 5.08. The van der Waals surface area contributed by atoms with Crippen molar-refractivity contribution in [1.29, 1.82) is 0 Å². The van der Waals surface area contributed by atoms with Gasteiger partial charge < -0.3 is 64.2 Å². The maximum atomic E-state index is 10.6. The highest BCUT2D eigenvalue weighted by Crippen LogP contribution is 2.29. The van der Waals surface area contributed by atoms with Crippen LogP contribution >= 0.6 is 12.6 Å². The Kier molecular flexibility index (Phi) is 12.5. The lowest BCUT2D eigenvalue weighted by atomic mass is 9.97. The van der Waals surface area contributed by atoms with Gasteiger partial charge in [0.05, 0.1) is 46.2 Å². The zero-order valence-corrected chi connectivity index (χ0v) is 18.4. The van der Waals surface area contributed by atoms with Crippen LogP contribution in [-0.4, -0.2) is 149 Å². The molecule has 32 heavy (non-hydrogen) atoms. The molecule has 10 atom stereocenters. The molecule has 0 radical (unpaired) electrons. The fraction of sp³-hybridized carbons (Fsp3) is 1.00. The molecule has 0 spiro atoms. The second-order valence-electron chi connectivity index (χ2n) is 7.32. The number of ether oxygens (including phenoxy) is 6. The van der Waals surface area contributed by atoms with E-state index in [1.54, 1.807) is 0 Å². The average molecular weight is 491 g/mol. The van der Waals surface area contributed by atoms with Crippen LogP contribution in [-0.2, 0) is 28.4 Å². The molecular weight excluding hydrogens is 456 g/mol. The summed E-state index contributed by atoms with van der Waals surface area (Å²) < 4.78 is 32.1. The first kappa shape index (κ1) is 28.1. The fourth-order valence-electron chi connectivity index (χ4n) is 3.30. The first-order valence-corrected chi connectivity index (χ1v) is 10.9. The van der Waals surface area contributed by atoms with E-state index < -0.39 is 74.6 Å². The lowest BCUT2D eigenvalue weighted by molar-refractivity contribution is -0.360. The van der Waals surface area contributed by atoms with Crippen LogP contribution < -0.4 is 0 Å². The molecule has 0 aromatic carbocycles. The molecule has 0 saturated carbocycles. The van der Waals surface area contributed by atoms with E-state index in [-0.39, 0.29) is 13.2 Å². The minimum absolute atomic E-state index is 0.00923. The quantitative estimate of drug-likeness (QED) is 0.0910. The summed E-state index contributed by atoms with van der Waals surface area (Å²) in [6.45, 7) is 0.0844. The lowest BCUT2D eigenvalue weighted by Crippen LogP contribution is -2.64. The normalized spacial score (nSPS) is 40.5. The summed E-state index contributed by atoms with van der Waals surface area (Å²) in [6, 6.07) is 0. The highest BCUT2D eigenvalue weighted by atomic mass is 32.1. The summed E-state index contributed by atoms with van der Waals surface area (Å²) in [7, 11) is 0. The minimum Gasteiger partial charge on any atom is -0.394 e. The summed E-state index contributed by atoms with van der Waals surface area (Å²) in [6.07, 6.45) is -14.9. The van der Waals surface area contributed by atoms with Crippen LogP contribution in [0.2, 0.25) is 0 Å². The molecule has 0 unspecified atom stereocenters. The Balaban J connectivity index is 1.91. The number of aliphatic hydroxyl groups is 7. The zero-order valence-electron chi connectivity index (χ0n) is 17.5. The van der Waals surface area contributed by atoms with Crippen LogP contribution in [0, 0.1) is 0 Å². The van der Waals surface area contributed by atoms with E-state index in [0.717, 1.165) is 0 Å². The molecule has 2 aliphatic heterocycles. The lowest BCUT2D eigenvalue weighted by Gasteiger charge is -2.45. The maximum Gasteiger partial charge on any atom is 0.187 e. The molecule has 190 valence electrons. The van der Waals surface area contributed by atoms with Crippen LogP contribution in [0.4, 0.5) is 0 Å². The summed E-state index contributed by atoms with van der Waals surface area (Å²) in [5.74, 6) is 0.601. The van der Waals surface area contributed by atoms with Crippen LogP contribution in [0.5, 0.6) is 0 Å². The van der Waals surface area contributed by atoms with Crippen LogP contribution in [0.15, 0.2) is 0 Å². The summed E-state index contributed by atoms with van der Waals surface area (Å²) in [5.41, 5.74) is 0. The third-order valence-corrected chi connectivity index (χ3v) is 5.26. The van der Waals surface area contributed by atoms with Crippen LogP contribution in [0.1, 0.15) is 0 Å². The van der Waals surface area contributed by atoms with Crippen molar-refractivity contribution in [3.63, 3.8) is 0 Å². The van der Waals surface area contributed by atoms with Crippen molar-refractivity contribution in [3.05, 3.63) is 0 Å². The van der Waals surface area contributed by atoms with Gasteiger partial charge in [-0.1, -0.05) is 0 Å². The third kappa shape index (κ3) is 7.41. The van der Waals surface area contributed by atoms with Crippen molar-refractivity contribution in [2.75, 3.05) is 52.0 Å². The highest BCUT2D eigenvalue weighted by Gasteiger charge is 2.50. The molecule has 0 aromatic heterocycles. The first-order chi connectivity index (χ1) is 15.3. The molecule has 2 heterocycles. The van der Waals surface area contributed by atoms with Gasteiger partial charge in [-0.3, -0.25) is 0 Å². The van der Waals surface area contributed by atoms with Gasteiger partial charge in [0.25, 0.3) is 0 Å². The van der Waals surface area contributed by atoms with E-state index in [9.17, 15) is 35.7 Å². The molecule has 0 bridgehead atoms. The number of aliphatic hydroxyl groups excluding tert-OH is 7. The van der Waals surface area contributed by atoms with E-state index in [2.05, 4.69) is 12.6 Å². The Morgan fingerprint density at radius 1 is 0.625 bits per heavy atom. The maximum absolute atomic E-state index is 10.6. The van der Waals surface area contributed by atoms with Crippen LogP contribution in [0.3, 0.4) is 0 Å². The van der Waals surface area contributed by atoms with Gasteiger partial charge >= 0.3 is 0 Å². The topological polar surface area (TPSA) is 197 Å². The van der Waals surface area contributed by atoms with Crippen LogP contribution in [0.25, 0.3) is 0 Å². The van der Waals surface area contributed by atoms with Gasteiger partial charge in [-0.05, 0) is 0 Å². The molecule has 2 saturated heterocycles. The minimum atomic E-state index is -1.74. The molecule has 2 fully saturated rings. The molecule has 0 amide bonds. The largest absolute Gasteiger partial charge is 0.394 e. The molecule has 0 aliphatic carbocycles. The SMILES string of the molecule is OC[C@H]1O[C@@H](O[C@H]2[C@@H](O)[C@@H](CO)O[C@H](OCCOCCOCCS)[C@@H]2O)[C@H](O)[C@@H](O)[C@H]1O. The van der Waals surface area contributed by atoms with Gasteiger partial charge in [0.1, 0.15) is 48.8 Å². The molecule has 14 heteroatoms. The van der Waals surface area contributed by atoms with Crippen molar-refractivity contribution in [2.24, 2.45) is 0 Å². The Bertz CT molecular complexity index is 515. The molecule has 13 nitrogen and oxygen atoms in total. The summed E-state index contributed by atoms with van der Waals surface area (Å²) in [5, 5.41) is 69.7. The molecule has 2 rings (SSSR count). The van der Waals surface area contributed by atoms with Crippen molar-refractivity contribution in [3.8, 4) is 0 Å². The summed E-state index contributed by atoms with van der Waals surface area (Å²) in [4.78, 5) is 0. The van der Waals surface area contributed by atoms with E-state index in [1.807, 2.05) is 0 Å². The number of thiol groups is 1. The predicted molar refractivity (Wildman–Crippen MR) is 108 cm³/mol. The van der Waals surface area contributed by atoms with Gasteiger partial charge in [0.2, 0.25) is 0 Å². The number of hydrogen-bond acceptors (Lipinski definition) is 14. The second kappa shape index (κ2) is 14.3. The van der Waals surface area contributed by atoms with Crippen molar-refractivity contribution >= 4 is 12.6 Å². The van der Waals surface area contributed by atoms with E-state index in [1.165, 1.54) is 0 Å². The van der Waals surface area contributed by atoms with Gasteiger partial charge in [-0.25, -0.2) is 0 Å².